The van der Waals surface area contributed by atoms with E-state index < -0.39 is 0 Å². The van der Waals surface area contributed by atoms with Crippen molar-refractivity contribution in [1.82, 2.24) is 4.98 Å². The Morgan fingerprint density at radius 3 is 2.84 bits per heavy atom. The molecule has 0 unspecified atom stereocenters. The van der Waals surface area contributed by atoms with Gasteiger partial charge in [0.1, 0.15) is 11.5 Å². The number of aromatic nitrogens is 1. The summed E-state index contributed by atoms with van der Waals surface area (Å²) in [5, 5.41) is 1.14. The molecular formula is C17H17NO. The minimum atomic E-state index is 0.935. The molecule has 0 saturated carbocycles. The molecule has 2 nitrogen and oxygen atoms in total. The van der Waals surface area contributed by atoms with Gasteiger partial charge in [0.15, 0.2) is 0 Å². The second-order valence-corrected chi connectivity index (χ2v) is 4.75. The highest BCUT2D eigenvalue weighted by Crippen LogP contribution is 2.29. The number of fused-ring (bicyclic) bond motifs is 1. The number of aryl methyl sites for hydroxylation is 1. The van der Waals surface area contributed by atoms with Crippen LogP contribution in [0, 0.1) is 0 Å². The van der Waals surface area contributed by atoms with Gasteiger partial charge in [-0.15, -0.1) is 0 Å². The van der Waals surface area contributed by atoms with E-state index in [1.807, 2.05) is 30.5 Å². The topological polar surface area (TPSA) is 26.0 Å². The van der Waals surface area contributed by atoms with E-state index in [0.717, 1.165) is 34.4 Å². The van der Waals surface area contributed by atoms with E-state index in [1.54, 1.807) is 0 Å². The van der Waals surface area contributed by atoms with Crippen LogP contribution in [0.3, 0.4) is 0 Å². The number of benzene rings is 1. The third kappa shape index (κ3) is 2.39. The first-order valence-corrected chi connectivity index (χ1v) is 6.81. The molecule has 0 saturated heterocycles. The van der Waals surface area contributed by atoms with Crippen LogP contribution >= 0.6 is 0 Å². The third-order valence-corrected chi connectivity index (χ3v) is 3.35. The van der Waals surface area contributed by atoms with Gasteiger partial charge in [0.2, 0.25) is 0 Å². The number of para-hydroxylation sites is 1. The molecule has 2 heterocycles. The largest absolute Gasteiger partial charge is 0.461 e. The maximum absolute atomic E-state index is 5.95. The van der Waals surface area contributed by atoms with Gasteiger partial charge in [0.25, 0.3) is 0 Å². The molecule has 0 amide bonds. The number of rotatable bonds is 4. The van der Waals surface area contributed by atoms with Gasteiger partial charge in [-0.05, 0) is 30.7 Å². The van der Waals surface area contributed by atoms with Crippen LogP contribution in [0.15, 0.2) is 53.1 Å². The molecule has 0 bridgehead atoms. The predicted octanol–water partition coefficient (Wildman–Crippen LogP) is 4.84. The van der Waals surface area contributed by atoms with E-state index in [-0.39, 0.29) is 0 Å². The molecule has 0 atom stereocenters. The summed E-state index contributed by atoms with van der Waals surface area (Å²) in [5.74, 6) is 2.00. The molecule has 1 aromatic carbocycles. The van der Waals surface area contributed by atoms with Gasteiger partial charge in [-0.3, -0.25) is 4.98 Å². The number of furan rings is 1. The Hall–Kier alpha value is -2.09. The molecule has 3 rings (SSSR count). The minimum absolute atomic E-state index is 0.935. The molecule has 2 heteroatoms. The molecule has 2 aromatic heterocycles. The van der Waals surface area contributed by atoms with Crippen molar-refractivity contribution in [2.75, 3.05) is 0 Å². The Kier molecular flexibility index (Phi) is 3.32. The molecule has 0 radical (unpaired) electrons. The van der Waals surface area contributed by atoms with Crippen LogP contribution in [0.2, 0.25) is 0 Å². The van der Waals surface area contributed by atoms with Crippen molar-refractivity contribution in [2.45, 2.75) is 26.2 Å². The number of hydrogen-bond donors (Lipinski definition) is 0. The molecule has 0 aliphatic heterocycles. The molecule has 0 N–H and O–H groups in total. The fourth-order valence-electron chi connectivity index (χ4n) is 2.32. The van der Waals surface area contributed by atoms with Crippen LogP contribution in [-0.2, 0) is 6.42 Å². The number of pyridine rings is 1. The Morgan fingerprint density at radius 2 is 1.95 bits per heavy atom. The quantitative estimate of drug-likeness (QED) is 0.663. The monoisotopic (exact) mass is 251 g/mol. The normalized spacial score (nSPS) is 11.0. The van der Waals surface area contributed by atoms with E-state index >= 15 is 0 Å². The highest BCUT2D eigenvalue weighted by atomic mass is 16.3. The van der Waals surface area contributed by atoms with Gasteiger partial charge >= 0.3 is 0 Å². The molecule has 0 aliphatic carbocycles. The first kappa shape index (κ1) is 12.0. The Bertz CT molecular complexity index is 679. The number of nitrogens with zero attached hydrogens (tertiary/aromatic N) is 1. The summed E-state index contributed by atoms with van der Waals surface area (Å²) < 4.78 is 5.95. The maximum Gasteiger partial charge on any atom is 0.135 e. The van der Waals surface area contributed by atoms with Crippen molar-refractivity contribution in [3.05, 3.63) is 54.4 Å². The van der Waals surface area contributed by atoms with E-state index in [2.05, 4.69) is 30.1 Å². The van der Waals surface area contributed by atoms with Gasteiger partial charge in [-0.1, -0.05) is 31.5 Å². The standard InChI is InChI=1S/C17H17NO/c1-2-3-6-13-9-10-17(19-13)15-11-12-18-16-8-5-4-7-14(15)16/h4-5,7-12H,2-3,6H2,1H3. The summed E-state index contributed by atoms with van der Waals surface area (Å²) >= 11 is 0. The van der Waals surface area contributed by atoms with Gasteiger partial charge in [0.05, 0.1) is 5.52 Å². The third-order valence-electron chi connectivity index (χ3n) is 3.35. The SMILES string of the molecule is CCCCc1ccc(-c2ccnc3ccccc23)o1. The summed E-state index contributed by atoms with van der Waals surface area (Å²) in [6, 6.07) is 14.3. The van der Waals surface area contributed by atoms with Gasteiger partial charge in [0, 0.05) is 23.6 Å². The summed E-state index contributed by atoms with van der Waals surface area (Å²) in [6.07, 6.45) is 5.21. The van der Waals surface area contributed by atoms with Gasteiger partial charge < -0.3 is 4.42 Å². The van der Waals surface area contributed by atoms with Crippen molar-refractivity contribution in [2.24, 2.45) is 0 Å². The molecule has 0 fully saturated rings. The van der Waals surface area contributed by atoms with Crippen molar-refractivity contribution in [1.29, 1.82) is 0 Å². The van der Waals surface area contributed by atoms with Crippen LogP contribution < -0.4 is 0 Å². The fourth-order valence-corrected chi connectivity index (χ4v) is 2.32. The van der Waals surface area contributed by atoms with E-state index in [1.165, 1.54) is 12.8 Å². The molecule has 19 heavy (non-hydrogen) atoms. The number of hydrogen-bond acceptors (Lipinski definition) is 2. The Balaban J connectivity index is 2.02. The van der Waals surface area contributed by atoms with E-state index in [0.29, 0.717) is 0 Å². The second kappa shape index (κ2) is 5.27. The Labute approximate surface area is 113 Å². The average Bonchev–Trinajstić information content (AvgIpc) is 2.93. The smallest absolute Gasteiger partial charge is 0.135 e. The number of unbranched alkanes of at least 4 members (excludes halogenated alkanes) is 1. The molecule has 0 aliphatic rings. The first-order chi connectivity index (χ1) is 9.38. The lowest BCUT2D eigenvalue weighted by atomic mass is 10.1. The summed E-state index contributed by atoms with van der Waals surface area (Å²) in [6.45, 7) is 2.19. The molecule has 3 aromatic rings. The predicted molar refractivity (Wildman–Crippen MR) is 78.1 cm³/mol. The highest BCUT2D eigenvalue weighted by Gasteiger charge is 2.08. The Morgan fingerprint density at radius 1 is 1.05 bits per heavy atom. The van der Waals surface area contributed by atoms with Crippen LogP contribution in [0.25, 0.3) is 22.2 Å². The van der Waals surface area contributed by atoms with Crippen LogP contribution in [0.5, 0.6) is 0 Å². The van der Waals surface area contributed by atoms with Crippen molar-refractivity contribution in [3.63, 3.8) is 0 Å². The van der Waals surface area contributed by atoms with Crippen LogP contribution in [0.1, 0.15) is 25.5 Å². The van der Waals surface area contributed by atoms with Gasteiger partial charge in [-0.2, -0.15) is 0 Å². The van der Waals surface area contributed by atoms with Crippen molar-refractivity contribution in [3.8, 4) is 11.3 Å². The zero-order valence-electron chi connectivity index (χ0n) is 11.1. The summed E-state index contributed by atoms with van der Waals surface area (Å²) in [7, 11) is 0. The zero-order valence-corrected chi connectivity index (χ0v) is 11.1. The second-order valence-electron chi connectivity index (χ2n) is 4.75. The van der Waals surface area contributed by atoms with Crippen LogP contribution in [-0.4, -0.2) is 4.98 Å². The van der Waals surface area contributed by atoms with Crippen LogP contribution in [0.4, 0.5) is 0 Å². The minimum Gasteiger partial charge on any atom is -0.461 e. The summed E-state index contributed by atoms with van der Waals surface area (Å²) in [4.78, 5) is 4.38. The zero-order chi connectivity index (χ0) is 13.1. The van der Waals surface area contributed by atoms with Gasteiger partial charge in [-0.25, -0.2) is 0 Å². The molecular weight excluding hydrogens is 234 g/mol. The fraction of sp³-hybridized carbons (Fsp3) is 0.235. The lowest BCUT2D eigenvalue weighted by molar-refractivity contribution is 0.513. The molecule has 0 spiro atoms. The maximum atomic E-state index is 5.95. The van der Waals surface area contributed by atoms with Crippen molar-refractivity contribution < 1.29 is 4.42 Å². The van der Waals surface area contributed by atoms with Crippen molar-refractivity contribution >= 4 is 10.9 Å². The lowest BCUT2D eigenvalue weighted by Gasteiger charge is -2.03. The van der Waals surface area contributed by atoms with E-state index in [9.17, 15) is 0 Å². The van der Waals surface area contributed by atoms with E-state index in [4.69, 9.17) is 4.42 Å². The highest BCUT2D eigenvalue weighted by molar-refractivity contribution is 5.92. The molecule has 96 valence electrons. The lowest BCUT2D eigenvalue weighted by Crippen LogP contribution is -1.82. The summed E-state index contributed by atoms with van der Waals surface area (Å²) in [5.41, 5.74) is 2.12. The first-order valence-electron chi connectivity index (χ1n) is 6.81. The average molecular weight is 251 g/mol.